The van der Waals surface area contributed by atoms with Crippen molar-refractivity contribution in [3.63, 3.8) is 0 Å². The standard InChI is InChI=1S/C12H23O6P/c1-2-9-12(13)17-10-7-5-3-4-6-8-11-18-19(14,15)16/h2,9H,3-8,10-11H2,1H3,(H2,14,15,16). The van der Waals surface area contributed by atoms with Crippen LogP contribution in [0.1, 0.15) is 45.4 Å². The Bertz CT molecular complexity index is 309. The predicted molar refractivity (Wildman–Crippen MR) is 71.5 cm³/mol. The molecule has 0 bridgehead atoms. The third kappa shape index (κ3) is 15.3. The van der Waals surface area contributed by atoms with Crippen molar-refractivity contribution in [2.24, 2.45) is 0 Å². The fourth-order valence-electron chi connectivity index (χ4n) is 1.45. The molecule has 0 saturated carbocycles. The van der Waals surface area contributed by atoms with E-state index in [4.69, 9.17) is 14.5 Å². The van der Waals surface area contributed by atoms with Gasteiger partial charge in [-0.05, 0) is 19.8 Å². The summed E-state index contributed by atoms with van der Waals surface area (Å²) in [6.45, 7) is 2.28. The third-order valence-electron chi connectivity index (χ3n) is 2.35. The maximum atomic E-state index is 10.9. The van der Waals surface area contributed by atoms with E-state index < -0.39 is 7.82 Å². The molecule has 0 aromatic rings. The Kier molecular flexibility index (Phi) is 10.8. The van der Waals surface area contributed by atoms with Crippen molar-refractivity contribution in [2.75, 3.05) is 13.2 Å². The van der Waals surface area contributed by atoms with E-state index in [0.29, 0.717) is 13.0 Å². The molecule has 2 N–H and O–H groups in total. The highest BCUT2D eigenvalue weighted by Crippen LogP contribution is 2.35. The van der Waals surface area contributed by atoms with E-state index in [9.17, 15) is 9.36 Å². The van der Waals surface area contributed by atoms with Crippen LogP contribution in [-0.2, 0) is 18.6 Å². The van der Waals surface area contributed by atoms with Crippen LogP contribution in [0, 0.1) is 0 Å². The van der Waals surface area contributed by atoms with E-state index in [1.54, 1.807) is 13.0 Å². The summed E-state index contributed by atoms with van der Waals surface area (Å²) in [6, 6.07) is 0. The molecule has 0 rings (SSSR count). The quantitative estimate of drug-likeness (QED) is 0.263. The van der Waals surface area contributed by atoms with Gasteiger partial charge in [0.25, 0.3) is 0 Å². The first-order valence-electron chi connectivity index (χ1n) is 6.45. The van der Waals surface area contributed by atoms with Crippen LogP contribution in [0.4, 0.5) is 0 Å². The lowest BCUT2D eigenvalue weighted by Crippen LogP contribution is -2.01. The molecule has 19 heavy (non-hydrogen) atoms. The van der Waals surface area contributed by atoms with Gasteiger partial charge in [-0.1, -0.05) is 31.8 Å². The van der Waals surface area contributed by atoms with Gasteiger partial charge >= 0.3 is 13.8 Å². The molecule has 0 aromatic carbocycles. The second-order valence-electron chi connectivity index (χ2n) is 4.11. The average molecular weight is 294 g/mol. The van der Waals surface area contributed by atoms with Crippen LogP contribution in [0.15, 0.2) is 12.2 Å². The number of rotatable bonds is 11. The molecule has 0 unspecified atom stereocenters. The highest BCUT2D eigenvalue weighted by Gasteiger charge is 2.12. The lowest BCUT2D eigenvalue weighted by Gasteiger charge is -2.05. The predicted octanol–water partition coefficient (Wildman–Crippen LogP) is 2.56. The number of phosphoric acid groups is 1. The number of carbonyl (C=O) groups excluding carboxylic acids is 1. The molecule has 0 atom stereocenters. The van der Waals surface area contributed by atoms with Gasteiger partial charge in [0.1, 0.15) is 0 Å². The van der Waals surface area contributed by atoms with Gasteiger partial charge < -0.3 is 14.5 Å². The maximum absolute atomic E-state index is 10.9. The lowest BCUT2D eigenvalue weighted by molar-refractivity contribution is -0.137. The van der Waals surface area contributed by atoms with Crippen LogP contribution in [0.25, 0.3) is 0 Å². The molecule has 0 aliphatic heterocycles. The summed E-state index contributed by atoms with van der Waals surface area (Å²) < 4.78 is 19.6. The second-order valence-corrected chi connectivity index (χ2v) is 5.35. The Balaban J connectivity index is 3.19. The van der Waals surface area contributed by atoms with Crippen LogP contribution < -0.4 is 0 Å². The first-order valence-corrected chi connectivity index (χ1v) is 7.98. The Hall–Kier alpha value is -0.680. The largest absolute Gasteiger partial charge is 0.469 e. The summed E-state index contributed by atoms with van der Waals surface area (Å²) >= 11 is 0. The fraction of sp³-hybridized carbons (Fsp3) is 0.750. The van der Waals surface area contributed by atoms with Crippen LogP contribution in [0.5, 0.6) is 0 Å². The van der Waals surface area contributed by atoms with E-state index in [1.807, 2.05) is 0 Å². The monoisotopic (exact) mass is 294 g/mol. The number of ether oxygens (including phenoxy) is 1. The van der Waals surface area contributed by atoms with Crippen molar-refractivity contribution in [3.05, 3.63) is 12.2 Å². The number of esters is 1. The smallest absolute Gasteiger partial charge is 0.463 e. The minimum absolute atomic E-state index is 0.0885. The topological polar surface area (TPSA) is 93.1 Å². The molecule has 0 amide bonds. The van der Waals surface area contributed by atoms with Crippen molar-refractivity contribution in [1.29, 1.82) is 0 Å². The highest BCUT2D eigenvalue weighted by atomic mass is 31.2. The molecule has 7 heteroatoms. The van der Waals surface area contributed by atoms with Gasteiger partial charge in [-0.2, -0.15) is 0 Å². The van der Waals surface area contributed by atoms with Gasteiger partial charge in [0, 0.05) is 6.08 Å². The third-order valence-corrected chi connectivity index (χ3v) is 2.86. The SMILES string of the molecule is CC=CC(=O)OCCCCCCCCOP(=O)(O)O. The van der Waals surface area contributed by atoms with Gasteiger partial charge in [-0.25, -0.2) is 9.36 Å². The molecule has 0 aliphatic carbocycles. The Morgan fingerprint density at radius 1 is 1.05 bits per heavy atom. The van der Waals surface area contributed by atoms with Gasteiger partial charge in [-0.3, -0.25) is 4.52 Å². The van der Waals surface area contributed by atoms with E-state index in [-0.39, 0.29) is 12.6 Å². The van der Waals surface area contributed by atoms with Gasteiger partial charge in [0.05, 0.1) is 13.2 Å². The number of hydrogen-bond donors (Lipinski definition) is 2. The van der Waals surface area contributed by atoms with Crippen LogP contribution in [-0.4, -0.2) is 29.0 Å². The number of phosphoric ester groups is 1. The zero-order valence-electron chi connectivity index (χ0n) is 11.3. The number of allylic oxidation sites excluding steroid dienone is 1. The van der Waals surface area contributed by atoms with Gasteiger partial charge in [0.15, 0.2) is 0 Å². The maximum Gasteiger partial charge on any atom is 0.469 e. The van der Waals surface area contributed by atoms with Crippen LogP contribution >= 0.6 is 7.82 Å². The molecule has 0 saturated heterocycles. The lowest BCUT2D eigenvalue weighted by atomic mass is 10.1. The van der Waals surface area contributed by atoms with E-state index >= 15 is 0 Å². The number of unbranched alkanes of at least 4 members (excludes halogenated alkanes) is 5. The molecular weight excluding hydrogens is 271 g/mol. The van der Waals surface area contributed by atoms with Crippen LogP contribution in [0.2, 0.25) is 0 Å². The molecule has 112 valence electrons. The van der Waals surface area contributed by atoms with Crippen molar-refractivity contribution in [3.8, 4) is 0 Å². The average Bonchev–Trinajstić information content (AvgIpc) is 2.30. The summed E-state index contributed by atoms with van der Waals surface area (Å²) in [4.78, 5) is 27.8. The molecule has 0 fully saturated rings. The summed E-state index contributed by atoms with van der Waals surface area (Å²) in [7, 11) is -4.31. The molecule has 6 nitrogen and oxygen atoms in total. The summed E-state index contributed by atoms with van der Waals surface area (Å²) in [5, 5.41) is 0. The molecule has 0 heterocycles. The number of carbonyl (C=O) groups is 1. The number of hydrogen-bond acceptors (Lipinski definition) is 4. The Morgan fingerprint density at radius 3 is 2.11 bits per heavy atom. The molecule has 0 aromatic heterocycles. The van der Waals surface area contributed by atoms with Crippen molar-refractivity contribution in [2.45, 2.75) is 45.4 Å². The summed E-state index contributed by atoms with van der Waals surface area (Å²) in [6.07, 6.45) is 8.35. The summed E-state index contributed by atoms with van der Waals surface area (Å²) in [5.74, 6) is -0.308. The molecule has 0 spiro atoms. The first kappa shape index (κ1) is 18.3. The van der Waals surface area contributed by atoms with Crippen LogP contribution in [0.3, 0.4) is 0 Å². The van der Waals surface area contributed by atoms with Gasteiger partial charge in [0.2, 0.25) is 0 Å². The van der Waals surface area contributed by atoms with E-state index in [1.165, 1.54) is 6.08 Å². The Morgan fingerprint density at radius 2 is 1.58 bits per heavy atom. The van der Waals surface area contributed by atoms with Crippen molar-refractivity contribution in [1.82, 2.24) is 0 Å². The minimum atomic E-state index is -4.31. The van der Waals surface area contributed by atoms with Gasteiger partial charge in [-0.15, -0.1) is 0 Å². The minimum Gasteiger partial charge on any atom is -0.463 e. The van der Waals surface area contributed by atoms with Crippen molar-refractivity contribution >= 4 is 13.8 Å². The molecular formula is C12H23O6P. The fourth-order valence-corrected chi connectivity index (χ4v) is 1.82. The zero-order valence-corrected chi connectivity index (χ0v) is 12.2. The zero-order chi connectivity index (χ0) is 14.6. The van der Waals surface area contributed by atoms with E-state index in [0.717, 1.165) is 32.1 Å². The van der Waals surface area contributed by atoms with Crippen molar-refractivity contribution < 1.29 is 28.4 Å². The Labute approximate surface area is 114 Å². The summed E-state index contributed by atoms with van der Waals surface area (Å²) in [5.41, 5.74) is 0. The second kappa shape index (κ2) is 11.2. The van der Waals surface area contributed by atoms with E-state index in [2.05, 4.69) is 4.52 Å². The highest BCUT2D eigenvalue weighted by molar-refractivity contribution is 7.46. The first-order chi connectivity index (χ1) is 8.95. The normalized spacial score (nSPS) is 11.9. The molecule has 0 radical (unpaired) electrons. The molecule has 0 aliphatic rings.